The molecule has 9 nitrogen and oxygen atoms in total. The number of amides is 4. The highest BCUT2D eigenvalue weighted by Crippen LogP contribution is 2.19. The van der Waals surface area contributed by atoms with Gasteiger partial charge in [0.15, 0.2) is 6.10 Å². The van der Waals surface area contributed by atoms with Crippen molar-refractivity contribution in [3.63, 3.8) is 0 Å². The molecule has 0 aliphatic heterocycles. The molecule has 0 aliphatic carbocycles. The van der Waals surface area contributed by atoms with Gasteiger partial charge in [-0.3, -0.25) is 19.2 Å². The summed E-state index contributed by atoms with van der Waals surface area (Å²) in [6.45, 7) is -2.07. The summed E-state index contributed by atoms with van der Waals surface area (Å²) in [4.78, 5) is 46.0. The SMILES string of the molecule is O=CNCC(=O)NC(Cc1ccccc1)C(=O)NCC(=O)NCC(O)C(F)(F)F. The third-order valence-electron chi connectivity index (χ3n) is 3.57. The molecule has 12 heteroatoms. The van der Waals surface area contributed by atoms with Crippen LogP contribution < -0.4 is 21.3 Å². The van der Waals surface area contributed by atoms with Crippen LogP contribution in [0.2, 0.25) is 0 Å². The van der Waals surface area contributed by atoms with E-state index < -0.39 is 49.1 Å². The second-order valence-electron chi connectivity index (χ2n) is 5.89. The lowest BCUT2D eigenvalue weighted by atomic mass is 10.1. The van der Waals surface area contributed by atoms with Crippen LogP contribution in [-0.4, -0.2) is 67.2 Å². The molecule has 2 atom stereocenters. The van der Waals surface area contributed by atoms with Crippen LogP contribution in [0, 0.1) is 0 Å². The number of halogens is 3. The Morgan fingerprint density at radius 3 is 2.28 bits per heavy atom. The number of rotatable bonds is 11. The Balaban J connectivity index is 2.62. The Bertz CT molecular complexity index is 700. The van der Waals surface area contributed by atoms with E-state index in [4.69, 9.17) is 5.11 Å². The Hall–Kier alpha value is -3.15. The van der Waals surface area contributed by atoms with Gasteiger partial charge in [-0.2, -0.15) is 13.2 Å². The maximum absolute atomic E-state index is 12.3. The summed E-state index contributed by atoms with van der Waals surface area (Å²) in [5.74, 6) is -2.35. The molecule has 0 heterocycles. The van der Waals surface area contributed by atoms with Crippen molar-refractivity contribution in [2.45, 2.75) is 24.7 Å². The summed E-state index contributed by atoms with van der Waals surface area (Å²) in [5.41, 5.74) is 0.703. The van der Waals surface area contributed by atoms with Gasteiger partial charge in [-0.15, -0.1) is 0 Å². The molecule has 4 amide bonds. The lowest BCUT2D eigenvalue weighted by Crippen LogP contribution is -2.52. The molecule has 1 aromatic rings. The quantitative estimate of drug-likeness (QED) is 0.282. The fraction of sp³-hybridized carbons (Fsp3) is 0.412. The fourth-order valence-corrected chi connectivity index (χ4v) is 2.12. The maximum atomic E-state index is 12.3. The van der Waals surface area contributed by atoms with Gasteiger partial charge < -0.3 is 26.4 Å². The first-order chi connectivity index (χ1) is 13.6. The van der Waals surface area contributed by atoms with Gasteiger partial charge in [-0.05, 0) is 5.56 Å². The van der Waals surface area contributed by atoms with Crippen molar-refractivity contribution in [3.05, 3.63) is 35.9 Å². The van der Waals surface area contributed by atoms with Crippen LogP contribution in [-0.2, 0) is 25.6 Å². The number of hydrogen-bond acceptors (Lipinski definition) is 5. The zero-order valence-corrected chi connectivity index (χ0v) is 15.2. The number of carbonyl (C=O) groups is 4. The normalized spacial score (nSPS) is 13.0. The highest BCUT2D eigenvalue weighted by atomic mass is 19.4. The molecule has 0 bridgehead atoms. The number of aliphatic hydroxyl groups is 1. The number of hydrogen-bond donors (Lipinski definition) is 5. The van der Waals surface area contributed by atoms with Crippen LogP contribution >= 0.6 is 0 Å². The number of alkyl halides is 3. The van der Waals surface area contributed by atoms with Crippen molar-refractivity contribution in [3.8, 4) is 0 Å². The molecular formula is C17H21F3N4O5. The average Bonchev–Trinajstić information content (AvgIpc) is 2.68. The molecule has 0 aromatic heterocycles. The summed E-state index contributed by atoms with van der Waals surface area (Å²) in [6, 6.07) is 7.53. The molecule has 5 N–H and O–H groups in total. The first kappa shape index (κ1) is 23.9. The molecule has 1 rings (SSSR count). The minimum atomic E-state index is -4.88. The van der Waals surface area contributed by atoms with E-state index in [1.54, 1.807) is 30.3 Å². The second kappa shape index (κ2) is 11.6. The van der Waals surface area contributed by atoms with Crippen LogP contribution in [0.3, 0.4) is 0 Å². The monoisotopic (exact) mass is 418 g/mol. The average molecular weight is 418 g/mol. The summed E-state index contributed by atoms with van der Waals surface area (Å²) >= 11 is 0. The molecule has 0 saturated heterocycles. The van der Waals surface area contributed by atoms with Crippen molar-refractivity contribution in [1.29, 1.82) is 0 Å². The van der Waals surface area contributed by atoms with E-state index in [9.17, 15) is 32.3 Å². The van der Waals surface area contributed by atoms with E-state index >= 15 is 0 Å². The molecule has 0 spiro atoms. The van der Waals surface area contributed by atoms with E-state index in [1.807, 2.05) is 5.32 Å². The Morgan fingerprint density at radius 1 is 1.03 bits per heavy atom. The highest BCUT2D eigenvalue weighted by molar-refractivity contribution is 5.91. The van der Waals surface area contributed by atoms with Crippen molar-refractivity contribution >= 4 is 24.1 Å². The lowest BCUT2D eigenvalue weighted by molar-refractivity contribution is -0.201. The van der Waals surface area contributed by atoms with Crippen molar-refractivity contribution in [1.82, 2.24) is 21.3 Å². The molecular weight excluding hydrogens is 397 g/mol. The predicted molar refractivity (Wildman–Crippen MR) is 94.2 cm³/mol. The minimum absolute atomic E-state index is 0.0773. The first-order valence-corrected chi connectivity index (χ1v) is 8.43. The first-order valence-electron chi connectivity index (χ1n) is 8.43. The van der Waals surface area contributed by atoms with E-state index in [-0.39, 0.29) is 13.0 Å². The zero-order chi connectivity index (χ0) is 21.9. The molecule has 0 saturated carbocycles. The Labute approximate surface area is 164 Å². The summed E-state index contributed by atoms with van der Waals surface area (Å²) in [6.07, 6.45) is -7.21. The fourth-order valence-electron chi connectivity index (χ4n) is 2.12. The van der Waals surface area contributed by atoms with Crippen molar-refractivity contribution in [2.75, 3.05) is 19.6 Å². The van der Waals surface area contributed by atoms with Gasteiger partial charge in [-0.1, -0.05) is 30.3 Å². The molecule has 0 radical (unpaired) electrons. The van der Waals surface area contributed by atoms with Crippen LogP contribution in [0.25, 0.3) is 0 Å². The molecule has 1 aromatic carbocycles. The van der Waals surface area contributed by atoms with Gasteiger partial charge >= 0.3 is 6.18 Å². The van der Waals surface area contributed by atoms with Gasteiger partial charge in [0.2, 0.25) is 24.1 Å². The van der Waals surface area contributed by atoms with Crippen LogP contribution in [0.5, 0.6) is 0 Å². The third-order valence-corrected chi connectivity index (χ3v) is 3.57. The second-order valence-corrected chi connectivity index (χ2v) is 5.89. The standard InChI is InChI=1S/C17H21F3N4O5/c18-17(19,20)13(26)7-22-14(27)9-23-16(29)12(24-15(28)8-21-10-25)6-11-4-2-1-3-5-11/h1-5,10,12-13,26H,6-9H2,(H,21,25)(H,22,27)(H,23,29)(H,24,28). The van der Waals surface area contributed by atoms with Crippen LogP contribution in [0.4, 0.5) is 13.2 Å². The van der Waals surface area contributed by atoms with Gasteiger partial charge in [0.05, 0.1) is 19.6 Å². The van der Waals surface area contributed by atoms with Crippen molar-refractivity contribution < 1.29 is 37.5 Å². The predicted octanol–water partition coefficient (Wildman–Crippen LogP) is -1.38. The van der Waals surface area contributed by atoms with Gasteiger partial charge in [0.1, 0.15) is 6.04 Å². The largest absolute Gasteiger partial charge is 0.416 e. The smallest absolute Gasteiger partial charge is 0.382 e. The van der Waals surface area contributed by atoms with E-state index in [2.05, 4.69) is 16.0 Å². The topological polar surface area (TPSA) is 137 Å². The maximum Gasteiger partial charge on any atom is 0.416 e. The molecule has 0 fully saturated rings. The number of benzene rings is 1. The van der Waals surface area contributed by atoms with Crippen LogP contribution in [0.1, 0.15) is 5.56 Å². The lowest BCUT2D eigenvalue weighted by Gasteiger charge is -2.19. The molecule has 160 valence electrons. The van der Waals surface area contributed by atoms with Gasteiger partial charge in [0, 0.05) is 6.42 Å². The zero-order valence-electron chi connectivity index (χ0n) is 15.2. The summed E-state index contributed by atoms with van der Waals surface area (Å²) in [7, 11) is 0. The third kappa shape index (κ3) is 9.55. The van der Waals surface area contributed by atoms with Crippen molar-refractivity contribution in [2.24, 2.45) is 0 Å². The molecule has 0 aliphatic rings. The van der Waals surface area contributed by atoms with Crippen LogP contribution in [0.15, 0.2) is 30.3 Å². The van der Waals surface area contributed by atoms with Gasteiger partial charge in [-0.25, -0.2) is 0 Å². The Kier molecular flexibility index (Phi) is 9.59. The summed E-state index contributed by atoms with van der Waals surface area (Å²) < 4.78 is 36.6. The Morgan fingerprint density at radius 2 is 1.69 bits per heavy atom. The van der Waals surface area contributed by atoms with Gasteiger partial charge in [0.25, 0.3) is 0 Å². The number of nitrogens with one attached hydrogen (secondary N) is 4. The highest BCUT2D eigenvalue weighted by Gasteiger charge is 2.38. The van der Waals surface area contributed by atoms with E-state index in [0.717, 1.165) is 0 Å². The van der Waals surface area contributed by atoms with E-state index in [0.29, 0.717) is 12.0 Å². The molecule has 2 unspecified atom stereocenters. The summed E-state index contributed by atoms with van der Waals surface area (Å²) in [5, 5.41) is 17.4. The number of carbonyl (C=O) groups excluding carboxylic acids is 4. The molecule has 29 heavy (non-hydrogen) atoms. The number of aliphatic hydroxyl groups excluding tert-OH is 1. The van der Waals surface area contributed by atoms with E-state index in [1.165, 1.54) is 0 Å². The minimum Gasteiger partial charge on any atom is -0.382 e.